The molecule has 0 N–H and O–H groups in total. The first-order chi connectivity index (χ1) is 9.09. The molecule has 98 valence electrons. The van der Waals surface area contributed by atoms with E-state index < -0.39 is 8.07 Å². The van der Waals surface area contributed by atoms with Crippen LogP contribution in [0.4, 0.5) is 0 Å². The van der Waals surface area contributed by atoms with Crippen LogP contribution in [-0.2, 0) is 0 Å². The topological polar surface area (TPSA) is 0 Å². The van der Waals surface area contributed by atoms with E-state index in [9.17, 15) is 0 Å². The van der Waals surface area contributed by atoms with E-state index in [1.165, 1.54) is 12.0 Å². The van der Waals surface area contributed by atoms with E-state index in [0.29, 0.717) is 0 Å². The SMILES string of the molecule is C[Si](C)(c1ccccc1)[C@H]1C[C@@H]1c1ccc(Cl)cc1. The smallest absolute Gasteiger partial charge is 0.0843 e. The largest absolute Gasteiger partial charge is 0.0843 e. The van der Waals surface area contributed by atoms with E-state index in [2.05, 4.69) is 55.6 Å². The average Bonchev–Trinajstić information content (AvgIpc) is 3.22. The van der Waals surface area contributed by atoms with Crippen LogP contribution in [0.2, 0.25) is 23.7 Å². The molecule has 0 unspecified atom stereocenters. The molecule has 0 nitrogen and oxygen atoms in total. The Morgan fingerprint density at radius 2 is 1.58 bits per heavy atom. The van der Waals surface area contributed by atoms with Gasteiger partial charge in [-0.3, -0.25) is 0 Å². The first-order valence-electron chi connectivity index (χ1n) is 6.90. The number of halogens is 1. The predicted octanol–water partition coefficient (Wildman–Crippen LogP) is 4.81. The van der Waals surface area contributed by atoms with Crippen molar-refractivity contribution < 1.29 is 0 Å². The normalized spacial score (nSPS) is 22.3. The molecule has 0 amide bonds. The van der Waals surface area contributed by atoms with E-state index in [1.807, 2.05) is 12.1 Å². The van der Waals surface area contributed by atoms with E-state index in [4.69, 9.17) is 11.6 Å². The maximum absolute atomic E-state index is 5.97. The summed E-state index contributed by atoms with van der Waals surface area (Å²) >= 11 is 5.97. The third kappa shape index (κ3) is 2.50. The molecular weight excluding hydrogens is 268 g/mol. The standard InChI is InChI=1S/C17H19ClSi/c1-19(2,15-6-4-3-5-7-15)17-12-16(17)13-8-10-14(18)11-9-13/h3-11,16-17H,12H2,1-2H3/t16-,17+/m1/s1. The van der Waals surface area contributed by atoms with Gasteiger partial charge in [-0.2, -0.15) is 0 Å². The van der Waals surface area contributed by atoms with Gasteiger partial charge < -0.3 is 0 Å². The van der Waals surface area contributed by atoms with Crippen molar-refractivity contribution in [3.05, 3.63) is 65.2 Å². The first-order valence-corrected chi connectivity index (χ1v) is 10.4. The molecule has 0 radical (unpaired) electrons. The number of benzene rings is 2. The summed E-state index contributed by atoms with van der Waals surface area (Å²) in [5, 5.41) is 2.41. The lowest BCUT2D eigenvalue weighted by Crippen LogP contribution is -2.42. The Kier molecular flexibility index (Phi) is 3.28. The van der Waals surface area contributed by atoms with E-state index in [-0.39, 0.29) is 0 Å². The lowest BCUT2D eigenvalue weighted by Gasteiger charge is -2.23. The fraction of sp³-hybridized carbons (Fsp3) is 0.294. The van der Waals surface area contributed by atoms with Gasteiger partial charge in [0.15, 0.2) is 0 Å². The average molecular weight is 287 g/mol. The molecule has 0 aliphatic heterocycles. The van der Waals surface area contributed by atoms with Crippen LogP contribution in [0.1, 0.15) is 17.9 Å². The van der Waals surface area contributed by atoms with E-state index in [0.717, 1.165) is 16.5 Å². The Hall–Kier alpha value is -1.05. The predicted molar refractivity (Wildman–Crippen MR) is 86.1 cm³/mol. The molecule has 1 aliphatic carbocycles. The highest BCUT2D eigenvalue weighted by Gasteiger charge is 2.49. The highest BCUT2D eigenvalue weighted by atomic mass is 35.5. The van der Waals surface area contributed by atoms with Crippen LogP contribution < -0.4 is 5.19 Å². The summed E-state index contributed by atoms with van der Waals surface area (Å²) in [5.74, 6) is 0.749. The van der Waals surface area contributed by atoms with E-state index >= 15 is 0 Å². The summed E-state index contributed by atoms with van der Waals surface area (Å²) in [6.07, 6.45) is 1.34. The van der Waals surface area contributed by atoms with Crippen LogP contribution in [0.15, 0.2) is 54.6 Å². The zero-order valence-corrected chi connectivity index (χ0v) is 13.2. The second-order valence-corrected chi connectivity index (χ2v) is 11.3. The molecular formula is C17H19ClSi. The van der Waals surface area contributed by atoms with Crippen LogP contribution in [0.25, 0.3) is 0 Å². The molecule has 1 saturated carbocycles. The van der Waals surface area contributed by atoms with Crippen molar-refractivity contribution >= 4 is 24.9 Å². The zero-order valence-electron chi connectivity index (χ0n) is 11.4. The van der Waals surface area contributed by atoms with Crippen molar-refractivity contribution in [3.63, 3.8) is 0 Å². The summed E-state index contributed by atoms with van der Waals surface area (Å²) in [4.78, 5) is 0. The molecule has 2 heteroatoms. The quantitative estimate of drug-likeness (QED) is 0.710. The van der Waals surface area contributed by atoms with Crippen molar-refractivity contribution in [1.29, 1.82) is 0 Å². The summed E-state index contributed by atoms with van der Waals surface area (Å²) in [7, 11) is -1.34. The van der Waals surface area contributed by atoms with Gasteiger partial charge in [-0.1, -0.05) is 72.3 Å². The van der Waals surface area contributed by atoms with Gasteiger partial charge in [0.2, 0.25) is 0 Å². The molecule has 1 fully saturated rings. The van der Waals surface area contributed by atoms with Gasteiger partial charge in [-0.25, -0.2) is 0 Å². The van der Waals surface area contributed by atoms with Crippen LogP contribution in [0.3, 0.4) is 0 Å². The second-order valence-electron chi connectivity index (χ2n) is 6.09. The molecule has 2 atom stereocenters. The summed E-state index contributed by atoms with van der Waals surface area (Å²) in [6, 6.07) is 19.5. The van der Waals surface area contributed by atoms with Crippen LogP contribution in [0, 0.1) is 0 Å². The summed E-state index contributed by atoms with van der Waals surface area (Å²) < 4.78 is 0. The van der Waals surface area contributed by atoms with Crippen LogP contribution in [0.5, 0.6) is 0 Å². The Labute approximate surface area is 121 Å². The monoisotopic (exact) mass is 286 g/mol. The first kappa shape index (κ1) is 13.0. The maximum atomic E-state index is 5.97. The van der Waals surface area contributed by atoms with Crippen molar-refractivity contribution in [1.82, 2.24) is 0 Å². The van der Waals surface area contributed by atoms with Gasteiger partial charge in [0.25, 0.3) is 0 Å². The van der Waals surface area contributed by atoms with Gasteiger partial charge in [0.05, 0.1) is 8.07 Å². The molecule has 2 aromatic rings. The van der Waals surface area contributed by atoms with Crippen LogP contribution >= 0.6 is 11.6 Å². The molecule has 0 bridgehead atoms. The molecule has 0 spiro atoms. The minimum absolute atomic E-state index is 0.749. The summed E-state index contributed by atoms with van der Waals surface area (Å²) in [6.45, 7) is 5.01. The maximum Gasteiger partial charge on any atom is 0.0843 e. The molecule has 1 aliphatic rings. The molecule has 2 aromatic carbocycles. The molecule has 19 heavy (non-hydrogen) atoms. The minimum atomic E-state index is -1.34. The van der Waals surface area contributed by atoms with Crippen molar-refractivity contribution in [2.24, 2.45) is 0 Å². The number of rotatable bonds is 3. The van der Waals surface area contributed by atoms with Crippen molar-refractivity contribution in [2.45, 2.75) is 31.0 Å². The third-order valence-electron chi connectivity index (χ3n) is 4.53. The summed E-state index contributed by atoms with van der Waals surface area (Å²) in [5.41, 5.74) is 2.34. The van der Waals surface area contributed by atoms with Crippen molar-refractivity contribution in [2.75, 3.05) is 0 Å². The van der Waals surface area contributed by atoms with Gasteiger partial charge in [-0.05, 0) is 35.6 Å². The fourth-order valence-corrected chi connectivity index (χ4v) is 6.80. The van der Waals surface area contributed by atoms with E-state index in [1.54, 1.807) is 5.19 Å². The van der Waals surface area contributed by atoms with Crippen LogP contribution in [-0.4, -0.2) is 8.07 Å². The Morgan fingerprint density at radius 1 is 0.947 bits per heavy atom. The highest BCUT2D eigenvalue weighted by molar-refractivity contribution is 6.91. The molecule has 0 aromatic heterocycles. The Balaban J connectivity index is 1.81. The van der Waals surface area contributed by atoms with Crippen molar-refractivity contribution in [3.8, 4) is 0 Å². The highest BCUT2D eigenvalue weighted by Crippen LogP contribution is 2.58. The van der Waals surface area contributed by atoms with Gasteiger partial charge in [0.1, 0.15) is 0 Å². The second kappa shape index (κ2) is 4.81. The van der Waals surface area contributed by atoms with Gasteiger partial charge >= 0.3 is 0 Å². The van der Waals surface area contributed by atoms with Gasteiger partial charge in [-0.15, -0.1) is 0 Å². The molecule has 0 heterocycles. The number of hydrogen-bond acceptors (Lipinski definition) is 0. The Bertz CT molecular complexity index is 560. The Morgan fingerprint density at radius 3 is 2.21 bits per heavy atom. The lowest BCUT2D eigenvalue weighted by molar-refractivity contribution is 1.11. The minimum Gasteiger partial charge on any atom is -0.0843 e. The molecule has 3 rings (SSSR count). The third-order valence-corrected chi connectivity index (χ3v) is 9.10. The number of hydrogen-bond donors (Lipinski definition) is 0. The lowest BCUT2D eigenvalue weighted by atomic mass is 10.1. The van der Waals surface area contributed by atoms with Gasteiger partial charge in [0, 0.05) is 5.02 Å². The fourth-order valence-electron chi connectivity index (χ4n) is 3.15. The molecule has 0 saturated heterocycles. The zero-order chi connectivity index (χ0) is 13.5.